The van der Waals surface area contributed by atoms with Gasteiger partial charge in [-0.3, -0.25) is 28.8 Å². The maximum atomic E-state index is 11.2. The summed E-state index contributed by atoms with van der Waals surface area (Å²) >= 11 is 3.21. The number of esters is 8. The molecule has 0 fully saturated rings. The summed E-state index contributed by atoms with van der Waals surface area (Å²) in [6, 6.07) is 9.33. The van der Waals surface area contributed by atoms with Gasteiger partial charge >= 0.3 is 47.8 Å². The van der Waals surface area contributed by atoms with Gasteiger partial charge in [0.2, 0.25) is 0 Å². The van der Waals surface area contributed by atoms with E-state index in [4.69, 9.17) is 56.8 Å². The molecule has 692 valence electrons. The van der Waals surface area contributed by atoms with E-state index in [0.29, 0.717) is 71.7 Å². The molecule has 0 radical (unpaired) electrons. The Morgan fingerprint density at radius 1 is 0.328 bits per heavy atom. The largest absolute Gasteiger partial charge is 0.463 e. The number of carbonyl (C=O) groups excluding carboxylic acids is 8. The molecule has 1 N–H and O–H groups in total. The van der Waals surface area contributed by atoms with E-state index in [1.54, 1.807) is 51.2 Å². The van der Waals surface area contributed by atoms with Crippen LogP contribution in [0.2, 0.25) is 0 Å². The zero-order valence-electron chi connectivity index (χ0n) is 83.3. The van der Waals surface area contributed by atoms with Crippen molar-refractivity contribution in [2.45, 2.75) is 456 Å². The summed E-state index contributed by atoms with van der Waals surface area (Å²) in [5.41, 5.74) is 2.68. The minimum absolute atomic E-state index is 0.00950. The van der Waals surface area contributed by atoms with Gasteiger partial charge in [0.05, 0.1) is 91.3 Å². The molecular formula is C93H183NO20S2. The van der Waals surface area contributed by atoms with Crippen LogP contribution in [0.15, 0.2) is 24.3 Å². The molecule has 1 aromatic rings. The average Bonchev–Trinajstić information content (AvgIpc) is 0.833. The highest BCUT2D eigenvalue weighted by Gasteiger charge is 2.22. The van der Waals surface area contributed by atoms with E-state index in [9.17, 15) is 38.4 Å². The lowest BCUT2D eigenvalue weighted by atomic mass is 9.82. The number of hydrogen-bond acceptors (Lipinski definition) is 23. The summed E-state index contributed by atoms with van der Waals surface area (Å²) < 4.78 is 60.5. The quantitative estimate of drug-likeness (QED) is 0.0313. The second-order valence-electron chi connectivity index (χ2n) is 39.0. The predicted octanol–water partition coefficient (Wildman–Crippen LogP) is 22.6. The fourth-order valence-electron chi connectivity index (χ4n) is 7.19. The van der Waals surface area contributed by atoms with Gasteiger partial charge in [-0.1, -0.05) is 162 Å². The lowest BCUT2D eigenvalue weighted by molar-refractivity contribution is -0.165. The highest BCUT2D eigenvalue weighted by atomic mass is 32.2. The van der Waals surface area contributed by atoms with Gasteiger partial charge in [-0.25, -0.2) is 9.59 Å². The molecule has 0 aliphatic carbocycles. The van der Waals surface area contributed by atoms with E-state index in [0.717, 1.165) is 12.3 Å². The molecule has 0 heterocycles. The molecule has 1 aromatic carbocycles. The fraction of sp³-hybridized carbons (Fsp3) is 0.849. The summed E-state index contributed by atoms with van der Waals surface area (Å²) in [6.45, 7) is 95.5. The van der Waals surface area contributed by atoms with E-state index in [1.165, 1.54) is 24.0 Å². The van der Waals surface area contributed by atoms with Crippen LogP contribution >= 0.6 is 23.5 Å². The second-order valence-corrected chi connectivity index (χ2v) is 42.1. The minimum Gasteiger partial charge on any atom is -0.463 e. The number of rotatable bonds is 31. The molecule has 23 heteroatoms. The van der Waals surface area contributed by atoms with Gasteiger partial charge in [-0.2, -0.15) is 0 Å². The van der Waals surface area contributed by atoms with Gasteiger partial charge in [-0.05, 0) is 256 Å². The maximum Gasteiger partial charge on any atom is 0.332 e. The molecule has 21 nitrogen and oxygen atoms in total. The van der Waals surface area contributed by atoms with Gasteiger partial charge in [0, 0.05) is 12.5 Å². The first kappa shape index (κ1) is 130. The molecular weight excluding hydrogens is 1520 g/mol. The third-order valence-corrected chi connectivity index (χ3v) is 14.4. The molecule has 1 rings (SSSR count). The fourth-order valence-corrected chi connectivity index (χ4v) is 8.26. The van der Waals surface area contributed by atoms with Crippen LogP contribution < -0.4 is 5.32 Å². The summed E-state index contributed by atoms with van der Waals surface area (Å²) in [7, 11) is 0. The van der Waals surface area contributed by atoms with Crippen molar-refractivity contribution < 1.29 is 95.2 Å². The van der Waals surface area contributed by atoms with Crippen LogP contribution in [0.3, 0.4) is 0 Å². The Bertz CT molecular complexity index is 2420. The Morgan fingerprint density at radius 2 is 0.629 bits per heavy atom. The molecule has 0 aromatic heterocycles. The smallest absolute Gasteiger partial charge is 0.332 e. The standard InChI is InChI=1S/C14H22.C10H20O3.C9H16O4.C9H18O3.C9H20O2.C9H18O2.C9H20.C8H17NO2.2C8H16O2S/c1-13(2,3)11-7-9-12(10-8-11)14(4,5)6;1-9(2,3)12-7-8(11)13-10(4,5)6;1-6(2)12-8(10)5-9(11)13-7(3)4;1-7(2)11-6-8(10)12-9(3,4)5;1-8(2)10-6-7-11-9(3,4)5;1-7(2)5-6-9(10)11-8(3)4;1-8(2)6-7-9(3,4)5;1-6(2)9-5-8(10)11-7(3)4;2*1-6(2)10-8(9)5-11-7(3)4/h7-10H,1-6H3;7H2,1-6H3;6-7H,5H2,1-4H3;7H,6H2,1-5H3;8H,6-7H2,1-5H3;7-8H,5-6H2,1-4H3;8H,6-7H2,1-5H3;6-7,9H,5H2,1-4H3;2*6-7H,5H2,1-4H3. The predicted molar refractivity (Wildman–Crippen MR) is 487 cm³/mol. The van der Waals surface area contributed by atoms with Crippen molar-refractivity contribution in [3.63, 3.8) is 0 Å². The maximum absolute atomic E-state index is 11.2. The van der Waals surface area contributed by atoms with Crippen molar-refractivity contribution in [3.05, 3.63) is 35.4 Å². The molecule has 0 saturated carbocycles. The number of benzene rings is 1. The van der Waals surface area contributed by atoms with Crippen molar-refractivity contribution in [1.29, 1.82) is 0 Å². The first-order chi connectivity index (χ1) is 51.9. The summed E-state index contributed by atoms with van der Waals surface area (Å²) in [5.74, 6) is 0.185. The van der Waals surface area contributed by atoms with Gasteiger partial charge < -0.3 is 62.2 Å². The Balaban J connectivity index is -0.000000157. The highest BCUT2D eigenvalue weighted by molar-refractivity contribution is 8.00. The molecule has 0 atom stereocenters. The van der Waals surface area contributed by atoms with Crippen LogP contribution in [-0.4, -0.2) is 180 Å². The molecule has 0 amide bonds. The number of hydrogen-bond donors (Lipinski definition) is 1. The van der Waals surface area contributed by atoms with Crippen LogP contribution in [0.1, 0.15) is 369 Å². The van der Waals surface area contributed by atoms with Crippen molar-refractivity contribution in [1.82, 2.24) is 5.32 Å². The molecule has 116 heavy (non-hydrogen) atoms. The Morgan fingerprint density at radius 3 is 0.879 bits per heavy atom. The summed E-state index contributed by atoms with van der Waals surface area (Å²) in [4.78, 5) is 87.7. The van der Waals surface area contributed by atoms with E-state index in [1.807, 2.05) is 180 Å². The lowest BCUT2D eigenvalue weighted by Crippen LogP contribution is -2.31. The van der Waals surface area contributed by atoms with Crippen molar-refractivity contribution >= 4 is 71.3 Å². The summed E-state index contributed by atoms with van der Waals surface area (Å²) in [6.07, 6.45) is 3.89. The lowest BCUT2D eigenvalue weighted by Gasteiger charge is -2.23. The second kappa shape index (κ2) is 70.1. The normalized spacial score (nSPS) is 11.6. The Hall–Kier alpha value is -4.52. The van der Waals surface area contributed by atoms with Crippen molar-refractivity contribution in [2.75, 3.05) is 44.5 Å². The van der Waals surface area contributed by atoms with E-state index < -0.39 is 23.1 Å². The van der Waals surface area contributed by atoms with Crippen LogP contribution in [0.5, 0.6) is 0 Å². The molecule has 0 saturated heterocycles. The number of nitrogens with one attached hydrogen (secondary N) is 1. The van der Waals surface area contributed by atoms with E-state index in [-0.39, 0.29) is 120 Å². The minimum atomic E-state index is -0.541. The molecule has 0 bridgehead atoms. The van der Waals surface area contributed by atoms with Crippen LogP contribution in [0, 0.1) is 17.3 Å². The van der Waals surface area contributed by atoms with E-state index >= 15 is 0 Å². The molecule has 0 aliphatic rings. The van der Waals surface area contributed by atoms with Crippen molar-refractivity contribution in [2.24, 2.45) is 17.3 Å². The van der Waals surface area contributed by atoms with Crippen molar-refractivity contribution in [3.8, 4) is 0 Å². The van der Waals surface area contributed by atoms with Crippen LogP contribution in [0.25, 0.3) is 0 Å². The highest BCUT2D eigenvalue weighted by Crippen LogP contribution is 2.27. The Kier molecular flexibility index (Phi) is 78.3. The topological polar surface area (TPSA) is 259 Å². The number of ether oxygens (including phenoxy) is 12. The van der Waals surface area contributed by atoms with Gasteiger partial charge in [-0.15, -0.1) is 23.5 Å². The Labute approximate surface area is 721 Å². The van der Waals surface area contributed by atoms with E-state index in [2.05, 4.69) is 147 Å². The molecule has 0 spiro atoms. The third kappa shape index (κ3) is 128. The van der Waals surface area contributed by atoms with Crippen LogP contribution in [0.4, 0.5) is 0 Å². The SMILES string of the molecule is CC(C)(C)OCC(=O)OC(C)(C)C.CC(C)(C)c1ccc(C(C)(C)C)cc1.CC(C)CCC(=O)OC(C)C.CC(C)CCC(C)(C)C.CC(C)NCC(=O)OC(C)C.CC(C)OC(=O)CC(=O)OC(C)C.CC(C)OC(=O)CSC(C)C.CC(C)OC(=O)CSC(C)C.CC(C)OCC(=O)OC(C)(C)C.CC(C)OCCOC(C)(C)C. The van der Waals surface area contributed by atoms with Gasteiger partial charge in [0.1, 0.15) is 30.8 Å². The number of carbonyl (C=O) groups is 8. The zero-order valence-corrected chi connectivity index (χ0v) is 84.9. The first-order valence-corrected chi connectivity index (χ1v) is 44.2. The molecule has 0 unspecified atom stereocenters. The monoisotopic (exact) mass is 1700 g/mol. The number of thioether (sulfide) groups is 2. The average molecular weight is 1700 g/mol. The zero-order chi connectivity index (χ0) is 93.7. The first-order valence-electron chi connectivity index (χ1n) is 42.1. The third-order valence-electron chi connectivity index (χ3n) is 12.3. The van der Waals surface area contributed by atoms with Crippen LogP contribution in [-0.2, 0) is 106 Å². The summed E-state index contributed by atoms with van der Waals surface area (Å²) in [5, 5.41) is 3.97. The molecule has 0 aliphatic heterocycles. The van der Waals surface area contributed by atoms with Gasteiger partial charge in [0.25, 0.3) is 0 Å². The van der Waals surface area contributed by atoms with Gasteiger partial charge in [0.15, 0.2) is 0 Å².